The van der Waals surface area contributed by atoms with Crippen LogP contribution in [0.5, 0.6) is 0 Å². The van der Waals surface area contributed by atoms with Gasteiger partial charge in [0.1, 0.15) is 0 Å². The molecule has 19 heavy (non-hydrogen) atoms. The van der Waals surface area contributed by atoms with Crippen LogP contribution in [0.4, 0.5) is 0 Å². The van der Waals surface area contributed by atoms with Crippen molar-refractivity contribution in [2.24, 2.45) is 0 Å². The third kappa shape index (κ3) is 15.0. The molecule has 0 aliphatic heterocycles. The topological polar surface area (TPSA) is 38.3 Å². The van der Waals surface area contributed by atoms with E-state index in [1.165, 1.54) is 44.8 Å². The first-order valence-electron chi connectivity index (χ1n) is 7.80. The predicted molar refractivity (Wildman–Crippen MR) is 81.0 cm³/mol. The van der Waals surface area contributed by atoms with Crippen molar-refractivity contribution < 1.29 is 9.53 Å². The van der Waals surface area contributed by atoms with Crippen molar-refractivity contribution in [2.75, 3.05) is 13.2 Å². The molecule has 0 aliphatic rings. The summed E-state index contributed by atoms with van der Waals surface area (Å²) in [6.07, 6.45) is 13.0. The molecule has 0 spiro atoms. The zero-order chi connectivity index (χ0) is 14.2. The average Bonchev–Trinajstić information content (AvgIpc) is 2.40. The zero-order valence-corrected chi connectivity index (χ0v) is 12.6. The molecule has 0 unspecified atom stereocenters. The normalized spacial score (nSPS) is 10.2. The van der Waals surface area contributed by atoms with Gasteiger partial charge in [-0.25, -0.2) is 0 Å². The summed E-state index contributed by atoms with van der Waals surface area (Å²) >= 11 is 0. The first-order chi connectivity index (χ1) is 9.31. The van der Waals surface area contributed by atoms with Crippen molar-refractivity contribution in [3.05, 3.63) is 12.8 Å². The van der Waals surface area contributed by atoms with Crippen molar-refractivity contribution >= 4 is 5.91 Å². The molecular weight excluding hydrogens is 238 g/mol. The largest absolute Gasteiger partial charge is 0.502 e. The Morgan fingerprint density at radius 3 is 2.21 bits per heavy atom. The molecule has 0 radical (unpaired) electrons. The number of carbonyl (C=O) groups excluding carboxylic acids is 1. The lowest BCUT2D eigenvalue weighted by molar-refractivity contribution is -0.121. The molecule has 0 aromatic carbocycles. The van der Waals surface area contributed by atoms with Crippen LogP contribution in [0.3, 0.4) is 0 Å². The van der Waals surface area contributed by atoms with E-state index in [1.54, 1.807) is 0 Å². The van der Waals surface area contributed by atoms with Gasteiger partial charge in [0.05, 0.1) is 12.9 Å². The number of rotatable bonds is 14. The molecule has 3 heteroatoms. The zero-order valence-electron chi connectivity index (χ0n) is 12.6. The minimum absolute atomic E-state index is 0.198. The summed E-state index contributed by atoms with van der Waals surface area (Å²) in [7, 11) is 0. The van der Waals surface area contributed by atoms with E-state index in [1.807, 2.05) is 6.92 Å². The van der Waals surface area contributed by atoms with Gasteiger partial charge in [0.2, 0.25) is 5.91 Å². The van der Waals surface area contributed by atoms with Crippen LogP contribution in [0.25, 0.3) is 0 Å². The molecule has 0 saturated heterocycles. The second kappa shape index (κ2) is 15.1. The highest BCUT2D eigenvalue weighted by Crippen LogP contribution is 2.08. The molecule has 0 aromatic heterocycles. The Balaban J connectivity index is 3.02. The highest BCUT2D eigenvalue weighted by molar-refractivity contribution is 5.75. The van der Waals surface area contributed by atoms with Crippen LogP contribution in [0, 0.1) is 0 Å². The van der Waals surface area contributed by atoms with Crippen molar-refractivity contribution in [1.29, 1.82) is 0 Å². The molecule has 0 aliphatic carbocycles. The molecule has 0 heterocycles. The minimum atomic E-state index is 0.198. The number of carbonyl (C=O) groups is 1. The second-order valence-corrected chi connectivity index (χ2v) is 4.97. The minimum Gasteiger partial charge on any atom is -0.502 e. The highest BCUT2D eigenvalue weighted by atomic mass is 16.5. The number of amides is 1. The van der Waals surface area contributed by atoms with Gasteiger partial charge in [0.15, 0.2) is 0 Å². The standard InChI is InChI=1S/C16H31NO2/c1-3-13-16(18)17-14-11-9-7-5-6-8-10-12-15-19-4-2/h4H,2-3,5-15H2,1H3,(H,17,18). The van der Waals surface area contributed by atoms with Gasteiger partial charge in [-0.3, -0.25) is 4.79 Å². The Kier molecular flexibility index (Phi) is 14.3. The maximum absolute atomic E-state index is 11.2. The van der Waals surface area contributed by atoms with Gasteiger partial charge in [-0.1, -0.05) is 52.0 Å². The summed E-state index contributed by atoms with van der Waals surface area (Å²) in [5.41, 5.74) is 0. The molecule has 0 fully saturated rings. The number of nitrogens with one attached hydrogen (secondary N) is 1. The number of unbranched alkanes of at least 4 members (excludes halogenated alkanes) is 7. The van der Waals surface area contributed by atoms with Crippen LogP contribution >= 0.6 is 0 Å². The van der Waals surface area contributed by atoms with Crippen LogP contribution in [-0.2, 0) is 9.53 Å². The summed E-state index contributed by atoms with van der Waals surface area (Å²) in [6, 6.07) is 0. The maximum atomic E-state index is 11.2. The summed E-state index contributed by atoms with van der Waals surface area (Å²) in [4.78, 5) is 11.2. The van der Waals surface area contributed by atoms with E-state index >= 15 is 0 Å². The third-order valence-electron chi connectivity index (χ3n) is 3.11. The Bertz CT molecular complexity index is 217. The first kappa shape index (κ1) is 18.0. The summed E-state index contributed by atoms with van der Waals surface area (Å²) in [6.45, 7) is 7.20. The van der Waals surface area contributed by atoms with E-state index in [2.05, 4.69) is 11.9 Å². The quantitative estimate of drug-likeness (QED) is 0.379. The van der Waals surface area contributed by atoms with Crippen LogP contribution < -0.4 is 5.32 Å². The molecule has 1 N–H and O–H groups in total. The molecule has 3 nitrogen and oxygen atoms in total. The van der Waals surface area contributed by atoms with Gasteiger partial charge < -0.3 is 10.1 Å². The fraction of sp³-hybridized carbons (Fsp3) is 0.812. The van der Waals surface area contributed by atoms with E-state index in [-0.39, 0.29) is 5.91 Å². The molecular formula is C16H31NO2. The van der Waals surface area contributed by atoms with Crippen molar-refractivity contribution in [2.45, 2.75) is 71.1 Å². The van der Waals surface area contributed by atoms with E-state index in [9.17, 15) is 4.79 Å². The van der Waals surface area contributed by atoms with Gasteiger partial charge in [-0.2, -0.15) is 0 Å². The molecule has 112 valence electrons. The van der Waals surface area contributed by atoms with Crippen LogP contribution in [0.15, 0.2) is 12.8 Å². The van der Waals surface area contributed by atoms with Gasteiger partial charge in [-0.15, -0.1) is 0 Å². The molecule has 0 bridgehead atoms. The first-order valence-corrected chi connectivity index (χ1v) is 7.80. The van der Waals surface area contributed by atoms with Crippen LogP contribution in [0.2, 0.25) is 0 Å². The Hall–Kier alpha value is -0.990. The molecule has 0 saturated carbocycles. The molecule has 1 amide bonds. The lowest BCUT2D eigenvalue weighted by Crippen LogP contribution is -2.23. The summed E-state index contributed by atoms with van der Waals surface area (Å²) in [5.74, 6) is 0.198. The lowest BCUT2D eigenvalue weighted by atomic mass is 10.1. The van der Waals surface area contributed by atoms with Gasteiger partial charge >= 0.3 is 0 Å². The SMILES string of the molecule is C=COCCCCCCCCCCNC(=O)CCC. The molecule has 0 aromatic rings. The Labute approximate surface area is 118 Å². The number of hydrogen-bond acceptors (Lipinski definition) is 2. The second-order valence-electron chi connectivity index (χ2n) is 4.97. The van der Waals surface area contributed by atoms with Gasteiger partial charge in [0, 0.05) is 13.0 Å². The fourth-order valence-electron chi connectivity index (χ4n) is 2.00. The third-order valence-corrected chi connectivity index (χ3v) is 3.11. The highest BCUT2D eigenvalue weighted by Gasteiger charge is 1.97. The van der Waals surface area contributed by atoms with E-state index in [0.717, 1.165) is 32.4 Å². The monoisotopic (exact) mass is 269 g/mol. The van der Waals surface area contributed by atoms with E-state index < -0.39 is 0 Å². The Morgan fingerprint density at radius 1 is 1.05 bits per heavy atom. The number of hydrogen-bond donors (Lipinski definition) is 1. The van der Waals surface area contributed by atoms with Crippen LogP contribution in [-0.4, -0.2) is 19.1 Å². The van der Waals surface area contributed by atoms with Crippen molar-refractivity contribution in [3.8, 4) is 0 Å². The molecule has 0 rings (SSSR count). The molecule has 0 atom stereocenters. The average molecular weight is 269 g/mol. The number of ether oxygens (including phenoxy) is 1. The smallest absolute Gasteiger partial charge is 0.219 e. The summed E-state index contributed by atoms with van der Waals surface area (Å²) in [5, 5.41) is 2.95. The van der Waals surface area contributed by atoms with Gasteiger partial charge in [-0.05, 0) is 19.3 Å². The van der Waals surface area contributed by atoms with Gasteiger partial charge in [0.25, 0.3) is 0 Å². The Morgan fingerprint density at radius 2 is 1.63 bits per heavy atom. The predicted octanol–water partition coefficient (Wildman–Crippen LogP) is 4.18. The van der Waals surface area contributed by atoms with Crippen molar-refractivity contribution in [3.63, 3.8) is 0 Å². The lowest BCUT2D eigenvalue weighted by Gasteiger charge is -2.04. The van der Waals surface area contributed by atoms with E-state index in [4.69, 9.17) is 4.74 Å². The maximum Gasteiger partial charge on any atom is 0.219 e. The summed E-state index contributed by atoms with van der Waals surface area (Å²) < 4.78 is 5.07. The van der Waals surface area contributed by atoms with Crippen molar-refractivity contribution in [1.82, 2.24) is 5.32 Å². The van der Waals surface area contributed by atoms with E-state index in [0.29, 0.717) is 6.42 Å². The van der Waals surface area contributed by atoms with Crippen LogP contribution in [0.1, 0.15) is 71.1 Å². The fourth-order valence-corrected chi connectivity index (χ4v) is 2.00.